The van der Waals surface area contributed by atoms with Crippen molar-refractivity contribution in [3.05, 3.63) is 29.8 Å². The van der Waals surface area contributed by atoms with Crippen molar-refractivity contribution in [3.63, 3.8) is 0 Å². The highest BCUT2D eigenvalue weighted by Crippen LogP contribution is 2.17. The Labute approximate surface area is 80.1 Å². The van der Waals surface area contributed by atoms with Gasteiger partial charge in [0.1, 0.15) is 0 Å². The lowest BCUT2D eigenvalue weighted by atomic mass is 10.2. The number of isocyanates is 1. The van der Waals surface area contributed by atoms with Gasteiger partial charge < -0.3 is 10.4 Å². The summed E-state index contributed by atoms with van der Waals surface area (Å²) in [7, 11) is 0. The zero-order chi connectivity index (χ0) is 10.4. The third-order valence-electron chi connectivity index (χ3n) is 1.59. The van der Waals surface area contributed by atoms with Crippen LogP contribution in [-0.2, 0) is 11.3 Å². The quantitative estimate of drug-likeness (QED) is 0.561. The van der Waals surface area contributed by atoms with Crippen LogP contribution in [0.2, 0.25) is 0 Å². The average Bonchev–Trinajstić information content (AvgIpc) is 2.17. The van der Waals surface area contributed by atoms with Crippen molar-refractivity contribution in [1.82, 2.24) is 5.32 Å². The molecule has 0 aromatic heterocycles. The van der Waals surface area contributed by atoms with E-state index < -0.39 is 6.09 Å². The van der Waals surface area contributed by atoms with Gasteiger partial charge in [-0.25, -0.2) is 9.59 Å². The van der Waals surface area contributed by atoms with E-state index in [4.69, 9.17) is 5.11 Å². The molecule has 1 rings (SSSR count). The van der Waals surface area contributed by atoms with Crippen molar-refractivity contribution in [2.24, 2.45) is 4.99 Å². The van der Waals surface area contributed by atoms with Crippen LogP contribution in [-0.4, -0.2) is 17.3 Å². The predicted molar refractivity (Wildman–Crippen MR) is 49.1 cm³/mol. The third-order valence-corrected chi connectivity index (χ3v) is 1.59. The molecule has 0 heterocycles. The van der Waals surface area contributed by atoms with Crippen molar-refractivity contribution in [2.75, 3.05) is 0 Å². The molecule has 14 heavy (non-hydrogen) atoms. The fraction of sp³-hybridized carbons (Fsp3) is 0.111. The third kappa shape index (κ3) is 2.73. The van der Waals surface area contributed by atoms with E-state index in [2.05, 4.69) is 10.3 Å². The Hall–Kier alpha value is -2.13. The summed E-state index contributed by atoms with van der Waals surface area (Å²) in [5, 5.41) is 10.6. The second kappa shape index (κ2) is 4.79. The van der Waals surface area contributed by atoms with Gasteiger partial charge in [0.15, 0.2) is 0 Å². The monoisotopic (exact) mass is 192 g/mol. The molecule has 72 valence electrons. The minimum absolute atomic E-state index is 0.122. The molecule has 0 unspecified atom stereocenters. The highest BCUT2D eigenvalue weighted by atomic mass is 16.4. The van der Waals surface area contributed by atoms with Crippen LogP contribution in [0, 0.1) is 0 Å². The summed E-state index contributed by atoms with van der Waals surface area (Å²) in [6.45, 7) is 0.122. The van der Waals surface area contributed by atoms with Crippen LogP contribution in [0.1, 0.15) is 5.56 Å². The van der Waals surface area contributed by atoms with Gasteiger partial charge in [-0.05, 0) is 11.6 Å². The van der Waals surface area contributed by atoms with Gasteiger partial charge in [-0.15, -0.1) is 0 Å². The second-order valence-electron chi connectivity index (χ2n) is 2.49. The molecule has 0 aliphatic rings. The maximum atomic E-state index is 10.2. The van der Waals surface area contributed by atoms with Gasteiger partial charge in [0.25, 0.3) is 0 Å². The number of carboxylic acid groups (broad SMARTS) is 1. The lowest BCUT2D eigenvalue weighted by Crippen LogP contribution is -2.19. The molecule has 1 aromatic carbocycles. The number of benzene rings is 1. The van der Waals surface area contributed by atoms with E-state index in [1.807, 2.05) is 0 Å². The molecular weight excluding hydrogens is 184 g/mol. The summed E-state index contributed by atoms with van der Waals surface area (Å²) in [5.74, 6) is 0. The number of carbonyl (C=O) groups excluding carboxylic acids is 1. The molecule has 0 fully saturated rings. The van der Waals surface area contributed by atoms with E-state index in [9.17, 15) is 9.59 Å². The molecule has 0 saturated carbocycles. The van der Waals surface area contributed by atoms with E-state index in [-0.39, 0.29) is 6.54 Å². The Morgan fingerprint density at radius 1 is 1.50 bits per heavy atom. The van der Waals surface area contributed by atoms with Gasteiger partial charge in [0.05, 0.1) is 5.69 Å². The maximum Gasteiger partial charge on any atom is 0.404 e. The van der Waals surface area contributed by atoms with Gasteiger partial charge in [-0.2, -0.15) is 4.99 Å². The molecule has 1 aromatic rings. The number of aliphatic imine (C=N–C) groups is 1. The first-order chi connectivity index (χ1) is 6.74. The fourth-order valence-corrected chi connectivity index (χ4v) is 0.989. The number of nitrogens with one attached hydrogen (secondary N) is 1. The SMILES string of the molecule is O=C=Nc1ccccc1CNC(=O)O. The Morgan fingerprint density at radius 2 is 2.21 bits per heavy atom. The van der Waals surface area contributed by atoms with Crippen molar-refractivity contribution < 1.29 is 14.7 Å². The lowest BCUT2D eigenvalue weighted by molar-refractivity contribution is 0.194. The van der Waals surface area contributed by atoms with Gasteiger partial charge in [-0.3, -0.25) is 0 Å². The molecule has 0 aliphatic carbocycles. The molecule has 2 N–H and O–H groups in total. The van der Waals surface area contributed by atoms with Gasteiger partial charge in [0, 0.05) is 6.54 Å². The predicted octanol–water partition coefficient (Wildman–Crippen LogP) is 1.42. The molecule has 0 spiro atoms. The molecular formula is C9H8N2O3. The molecule has 0 aliphatic heterocycles. The number of carbonyl (C=O) groups is 1. The van der Waals surface area contributed by atoms with Gasteiger partial charge in [0.2, 0.25) is 6.08 Å². The zero-order valence-electron chi connectivity index (χ0n) is 7.23. The Kier molecular flexibility index (Phi) is 3.41. The highest BCUT2D eigenvalue weighted by molar-refractivity contribution is 5.65. The summed E-state index contributed by atoms with van der Waals surface area (Å²) < 4.78 is 0. The molecule has 1 amide bonds. The van der Waals surface area contributed by atoms with Crippen LogP contribution in [0.5, 0.6) is 0 Å². The summed E-state index contributed by atoms with van der Waals surface area (Å²) in [5.41, 5.74) is 1.06. The largest absolute Gasteiger partial charge is 0.465 e. The van der Waals surface area contributed by atoms with E-state index in [1.165, 1.54) is 6.08 Å². The average molecular weight is 192 g/mol. The first-order valence-corrected chi connectivity index (χ1v) is 3.86. The number of hydrogen-bond donors (Lipinski definition) is 2. The van der Waals surface area contributed by atoms with Crippen LogP contribution in [0.4, 0.5) is 10.5 Å². The number of rotatable bonds is 3. The minimum atomic E-state index is -1.12. The smallest absolute Gasteiger partial charge is 0.404 e. The normalized spacial score (nSPS) is 8.86. The summed E-state index contributed by atoms with van der Waals surface area (Å²) in [4.78, 5) is 23.7. The first kappa shape index (κ1) is 9.95. The van der Waals surface area contributed by atoms with Crippen LogP contribution < -0.4 is 5.32 Å². The summed E-state index contributed by atoms with van der Waals surface area (Å²) in [6, 6.07) is 6.75. The molecule has 0 bridgehead atoms. The van der Waals surface area contributed by atoms with Gasteiger partial charge in [-0.1, -0.05) is 18.2 Å². The molecule has 5 nitrogen and oxygen atoms in total. The standard InChI is InChI=1S/C9H8N2O3/c12-6-11-8-4-2-1-3-7(8)5-10-9(13)14/h1-4,10H,5H2,(H,13,14). The summed E-state index contributed by atoms with van der Waals surface area (Å²) in [6.07, 6.45) is 0.296. The fourth-order valence-electron chi connectivity index (χ4n) is 0.989. The molecule has 0 saturated heterocycles. The number of para-hydroxylation sites is 1. The van der Waals surface area contributed by atoms with E-state index >= 15 is 0 Å². The Bertz CT molecular complexity index is 383. The minimum Gasteiger partial charge on any atom is -0.465 e. The van der Waals surface area contributed by atoms with Crippen LogP contribution in [0.25, 0.3) is 0 Å². The maximum absolute atomic E-state index is 10.2. The van der Waals surface area contributed by atoms with Crippen LogP contribution in [0.3, 0.4) is 0 Å². The van der Waals surface area contributed by atoms with E-state index in [1.54, 1.807) is 24.3 Å². The molecule has 5 heteroatoms. The van der Waals surface area contributed by atoms with E-state index in [0.29, 0.717) is 11.3 Å². The lowest BCUT2D eigenvalue weighted by Gasteiger charge is -2.03. The Balaban J connectivity index is 2.84. The van der Waals surface area contributed by atoms with Crippen molar-refractivity contribution in [1.29, 1.82) is 0 Å². The molecule has 0 atom stereocenters. The summed E-state index contributed by atoms with van der Waals surface area (Å²) >= 11 is 0. The topological polar surface area (TPSA) is 78.8 Å². The Morgan fingerprint density at radius 3 is 2.86 bits per heavy atom. The van der Waals surface area contributed by atoms with Crippen molar-refractivity contribution in [2.45, 2.75) is 6.54 Å². The van der Waals surface area contributed by atoms with E-state index in [0.717, 1.165) is 0 Å². The second-order valence-corrected chi connectivity index (χ2v) is 2.49. The van der Waals surface area contributed by atoms with Crippen LogP contribution >= 0.6 is 0 Å². The van der Waals surface area contributed by atoms with Crippen molar-refractivity contribution in [3.8, 4) is 0 Å². The van der Waals surface area contributed by atoms with Gasteiger partial charge >= 0.3 is 6.09 Å². The zero-order valence-corrected chi connectivity index (χ0v) is 7.23. The number of hydrogen-bond acceptors (Lipinski definition) is 3. The number of nitrogens with zero attached hydrogens (tertiary/aromatic N) is 1. The van der Waals surface area contributed by atoms with Crippen LogP contribution in [0.15, 0.2) is 29.3 Å². The van der Waals surface area contributed by atoms with Crippen molar-refractivity contribution >= 4 is 17.9 Å². The molecule has 0 radical (unpaired) electrons. The highest BCUT2D eigenvalue weighted by Gasteiger charge is 2.01. The first-order valence-electron chi connectivity index (χ1n) is 3.86. The number of amides is 1.